The molecule has 1 aromatic heterocycles. The van der Waals surface area contributed by atoms with Gasteiger partial charge in [0.05, 0.1) is 0 Å². The molecule has 0 spiro atoms. The van der Waals surface area contributed by atoms with E-state index in [2.05, 4.69) is 33.7 Å². The number of nitrogens with one attached hydrogen (secondary N) is 1. The molecule has 0 aliphatic carbocycles. The van der Waals surface area contributed by atoms with Crippen LogP contribution in [0, 0.1) is 0 Å². The van der Waals surface area contributed by atoms with Gasteiger partial charge in [-0.2, -0.15) is 0 Å². The lowest BCUT2D eigenvalue weighted by Crippen LogP contribution is -2.51. The maximum Gasteiger partial charge on any atom is 0.109 e. The molecule has 1 N–H and O–H groups in total. The highest BCUT2D eigenvalue weighted by atomic mass is 15.2. The largest absolute Gasteiger partial charge is 0.338 e. The fourth-order valence-electron chi connectivity index (χ4n) is 2.53. The second-order valence-corrected chi connectivity index (χ2v) is 4.94. The maximum atomic E-state index is 4.38. The summed E-state index contributed by atoms with van der Waals surface area (Å²) in [7, 11) is 2.07. The molecule has 1 aromatic rings. The number of hydrogen-bond donors (Lipinski definition) is 1. The molecule has 17 heavy (non-hydrogen) atoms. The van der Waals surface area contributed by atoms with E-state index in [1.807, 2.05) is 12.4 Å². The van der Waals surface area contributed by atoms with Crippen molar-refractivity contribution < 1.29 is 0 Å². The van der Waals surface area contributed by atoms with E-state index in [1.54, 1.807) is 0 Å². The van der Waals surface area contributed by atoms with Crippen LogP contribution < -0.4 is 5.32 Å². The molecule has 1 aliphatic rings. The number of aryl methyl sites for hydroxylation is 1. The summed E-state index contributed by atoms with van der Waals surface area (Å²) in [5, 5.41) is 3.59. The molecule has 1 atom stereocenters. The Bertz CT molecular complexity index is 332. The minimum Gasteiger partial charge on any atom is -0.338 e. The van der Waals surface area contributed by atoms with E-state index in [9.17, 15) is 0 Å². The normalized spacial score (nSPS) is 21.9. The van der Waals surface area contributed by atoms with E-state index >= 15 is 0 Å². The first-order valence-corrected chi connectivity index (χ1v) is 6.71. The molecule has 0 bridgehead atoms. The fourth-order valence-corrected chi connectivity index (χ4v) is 2.53. The molecular weight excluding hydrogens is 212 g/mol. The molecule has 1 aliphatic heterocycles. The van der Waals surface area contributed by atoms with Crippen molar-refractivity contribution in [2.24, 2.45) is 7.05 Å². The summed E-state index contributed by atoms with van der Waals surface area (Å²) < 4.78 is 2.12. The van der Waals surface area contributed by atoms with Gasteiger partial charge in [0.2, 0.25) is 0 Å². The third-order valence-electron chi connectivity index (χ3n) is 3.55. The van der Waals surface area contributed by atoms with Crippen LogP contribution in [-0.2, 0) is 13.5 Å². The standard InChI is InChI=1S/C13H24N4/c1-3-4-12-11-17(10-7-14-12)8-5-13-15-6-9-16(13)2/h6,9,12,14H,3-5,7-8,10-11H2,1-2H3. The van der Waals surface area contributed by atoms with Gasteiger partial charge in [-0.15, -0.1) is 0 Å². The van der Waals surface area contributed by atoms with Crippen LogP contribution >= 0.6 is 0 Å². The summed E-state index contributed by atoms with van der Waals surface area (Å²) in [4.78, 5) is 6.94. The molecule has 1 unspecified atom stereocenters. The zero-order valence-corrected chi connectivity index (χ0v) is 11.0. The highest BCUT2D eigenvalue weighted by molar-refractivity contribution is 4.92. The van der Waals surface area contributed by atoms with Crippen molar-refractivity contribution in [3.05, 3.63) is 18.2 Å². The third kappa shape index (κ3) is 3.54. The van der Waals surface area contributed by atoms with E-state index in [4.69, 9.17) is 0 Å². The monoisotopic (exact) mass is 236 g/mol. The van der Waals surface area contributed by atoms with Crippen LogP contribution in [-0.4, -0.2) is 46.7 Å². The van der Waals surface area contributed by atoms with Crippen molar-refractivity contribution >= 4 is 0 Å². The molecule has 0 aromatic carbocycles. The predicted octanol–water partition coefficient (Wildman–Crippen LogP) is 1.04. The molecule has 1 fully saturated rings. The summed E-state index contributed by atoms with van der Waals surface area (Å²) in [6, 6.07) is 0.690. The first-order chi connectivity index (χ1) is 8.29. The van der Waals surface area contributed by atoms with Crippen molar-refractivity contribution in [1.82, 2.24) is 19.8 Å². The van der Waals surface area contributed by atoms with E-state index in [1.165, 1.54) is 31.8 Å². The van der Waals surface area contributed by atoms with Gasteiger partial charge in [-0.3, -0.25) is 0 Å². The molecule has 0 amide bonds. The minimum absolute atomic E-state index is 0.690. The van der Waals surface area contributed by atoms with Crippen LogP contribution in [0.5, 0.6) is 0 Å². The average Bonchev–Trinajstić information content (AvgIpc) is 2.73. The van der Waals surface area contributed by atoms with Crippen molar-refractivity contribution in [3.8, 4) is 0 Å². The maximum absolute atomic E-state index is 4.38. The van der Waals surface area contributed by atoms with Gasteiger partial charge in [0.1, 0.15) is 5.82 Å². The molecule has 2 heterocycles. The summed E-state index contributed by atoms with van der Waals surface area (Å²) in [6.07, 6.45) is 7.52. The first-order valence-electron chi connectivity index (χ1n) is 6.71. The van der Waals surface area contributed by atoms with Gasteiger partial charge in [-0.1, -0.05) is 13.3 Å². The number of aromatic nitrogens is 2. The van der Waals surface area contributed by atoms with Gasteiger partial charge < -0.3 is 14.8 Å². The second kappa shape index (κ2) is 6.17. The number of piperazine rings is 1. The Hall–Kier alpha value is -0.870. The van der Waals surface area contributed by atoms with Gasteiger partial charge in [0, 0.05) is 58.1 Å². The van der Waals surface area contributed by atoms with Crippen LogP contribution in [0.15, 0.2) is 12.4 Å². The summed E-state index contributed by atoms with van der Waals surface area (Å²) in [5.74, 6) is 1.19. The molecule has 2 rings (SSSR count). The van der Waals surface area contributed by atoms with Gasteiger partial charge >= 0.3 is 0 Å². The highest BCUT2D eigenvalue weighted by Gasteiger charge is 2.18. The lowest BCUT2D eigenvalue weighted by Gasteiger charge is -2.33. The zero-order valence-electron chi connectivity index (χ0n) is 11.0. The number of hydrogen-bond acceptors (Lipinski definition) is 3. The molecule has 1 saturated heterocycles. The molecule has 0 saturated carbocycles. The lowest BCUT2D eigenvalue weighted by molar-refractivity contribution is 0.194. The van der Waals surface area contributed by atoms with E-state index in [0.29, 0.717) is 6.04 Å². The molecule has 96 valence electrons. The summed E-state index contributed by atoms with van der Waals surface area (Å²) >= 11 is 0. The summed E-state index contributed by atoms with van der Waals surface area (Å²) in [6.45, 7) is 6.88. The number of nitrogens with zero attached hydrogens (tertiary/aromatic N) is 3. The van der Waals surface area contributed by atoms with Crippen molar-refractivity contribution in [2.45, 2.75) is 32.2 Å². The molecular formula is C13H24N4. The lowest BCUT2D eigenvalue weighted by atomic mass is 10.1. The smallest absolute Gasteiger partial charge is 0.109 e. The Morgan fingerprint density at radius 3 is 3.12 bits per heavy atom. The van der Waals surface area contributed by atoms with Gasteiger partial charge in [0.15, 0.2) is 0 Å². The Morgan fingerprint density at radius 1 is 1.53 bits per heavy atom. The van der Waals surface area contributed by atoms with Crippen molar-refractivity contribution in [1.29, 1.82) is 0 Å². The van der Waals surface area contributed by atoms with Crippen LogP contribution in [0.2, 0.25) is 0 Å². The minimum atomic E-state index is 0.690. The van der Waals surface area contributed by atoms with Crippen molar-refractivity contribution in [3.63, 3.8) is 0 Å². The first kappa shape index (κ1) is 12.6. The van der Waals surface area contributed by atoms with Crippen LogP contribution in [0.3, 0.4) is 0 Å². The predicted molar refractivity (Wildman–Crippen MR) is 70.1 cm³/mol. The SMILES string of the molecule is CCCC1CN(CCc2nccn2C)CCN1. The van der Waals surface area contributed by atoms with Gasteiger partial charge in [-0.25, -0.2) is 4.98 Å². The Kier molecular flexibility index (Phi) is 4.57. The topological polar surface area (TPSA) is 33.1 Å². The number of rotatable bonds is 5. The number of imidazole rings is 1. The van der Waals surface area contributed by atoms with Crippen LogP contribution in [0.1, 0.15) is 25.6 Å². The quantitative estimate of drug-likeness (QED) is 0.829. The van der Waals surface area contributed by atoms with Crippen LogP contribution in [0.4, 0.5) is 0 Å². The van der Waals surface area contributed by atoms with E-state index in [-0.39, 0.29) is 0 Å². The van der Waals surface area contributed by atoms with Gasteiger partial charge in [-0.05, 0) is 6.42 Å². The fraction of sp³-hybridized carbons (Fsp3) is 0.769. The third-order valence-corrected chi connectivity index (χ3v) is 3.55. The van der Waals surface area contributed by atoms with Crippen LogP contribution in [0.25, 0.3) is 0 Å². The Balaban J connectivity index is 1.77. The second-order valence-electron chi connectivity index (χ2n) is 4.94. The molecule has 0 radical (unpaired) electrons. The van der Waals surface area contributed by atoms with E-state index in [0.717, 1.165) is 19.5 Å². The van der Waals surface area contributed by atoms with E-state index < -0.39 is 0 Å². The molecule has 4 nitrogen and oxygen atoms in total. The van der Waals surface area contributed by atoms with Gasteiger partial charge in [0.25, 0.3) is 0 Å². The Labute approximate surface area is 104 Å². The average molecular weight is 236 g/mol. The summed E-state index contributed by atoms with van der Waals surface area (Å²) in [5.41, 5.74) is 0. The Morgan fingerprint density at radius 2 is 2.41 bits per heavy atom. The highest BCUT2D eigenvalue weighted by Crippen LogP contribution is 2.06. The molecule has 4 heteroatoms. The zero-order chi connectivity index (χ0) is 12.1. The van der Waals surface area contributed by atoms with Crippen molar-refractivity contribution in [2.75, 3.05) is 26.2 Å².